The van der Waals surface area contributed by atoms with Crippen LogP contribution in [0.15, 0.2) is 254 Å². The molecule has 0 spiro atoms. The van der Waals surface area contributed by atoms with Gasteiger partial charge in [0.1, 0.15) is 0 Å². The molecule has 0 bridgehead atoms. The van der Waals surface area contributed by atoms with E-state index in [-0.39, 0.29) is 86.9 Å². The molecule has 13 aromatic carbocycles. The normalized spacial score (nSPS) is 15.7. The summed E-state index contributed by atoms with van der Waals surface area (Å²) in [5, 5.41) is -0.263. The fraction of sp³-hybridized carbons (Fsp3) is 0.316. The zero-order valence-corrected chi connectivity index (χ0v) is 74.9. The van der Waals surface area contributed by atoms with E-state index in [1.54, 1.807) is 9.13 Å². The first-order valence-corrected chi connectivity index (χ1v) is 42.3. The molecule has 0 amide bonds. The van der Waals surface area contributed by atoms with E-state index >= 15 is 0 Å². The van der Waals surface area contributed by atoms with Crippen LogP contribution < -0.4 is 26.2 Å². The second-order valence-electron chi connectivity index (χ2n) is 43.0. The van der Waals surface area contributed by atoms with Crippen LogP contribution in [0.4, 0.5) is 34.1 Å². The van der Waals surface area contributed by atoms with Gasteiger partial charge in [0, 0.05) is 66.8 Å². The van der Waals surface area contributed by atoms with Crippen molar-refractivity contribution >= 4 is 101 Å². The van der Waals surface area contributed by atoms with Gasteiger partial charge in [-0.05, 0) is 221 Å². The molecule has 0 radical (unpaired) electrons. The summed E-state index contributed by atoms with van der Waals surface area (Å²) in [7, 11) is 0. The molecular weight excluding hydrogens is 1440 g/mol. The first-order valence-electron chi connectivity index (χ1n) is 50.3. The number of aromatic nitrogens is 2. The van der Waals surface area contributed by atoms with Crippen molar-refractivity contribution in [3.8, 4) is 55.9 Å². The molecule has 0 atom stereocenters. The highest BCUT2D eigenvalue weighted by atomic mass is 15.2. The van der Waals surface area contributed by atoms with Crippen LogP contribution in [0.25, 0.3) is 99.5 Å². The third-order valence-corrected chi connectivity index (χ3v) is 24.9. The van der Waals surface area contributed by atoms with Gasteiger partial charge in [0.25, 0.3) is 6.71 Å². The predicted octanol–water partition coefficient (Wildman–Crippen LogP) is 30.3. The topological polar surface area (TPSA) is 16.3 Å². The molecular formula is C114H123BN4. The van der Waals surface area contributed by atoms with Crippen LogP contribution in [0.3, 0.4) is 0 Å². The fourth-order valence-corrected chi connectivity index (χ4v) is 17.5. The maximum Gasteiger partial charge on any atom is 0.252 e. The summed E-state index contributed by atoms with van der Waals surface area (Å²) in [5.41, 5.74) is 21.4. The molecule has 2 aliphatic rings. The smallest absolute Gasteiger partial charge is 0.252 e. The maximum absolute atomic E-state index is 10.1. The second kappa shape index (κ2) is 27.9. The molecule has 5 heteroatoms. The van der Waals surface area contributed by atoms with Crippen molar-refractivity contribution in [2.75, 3.05) is 9.80 Å². The average molecular weight is 1580 g/mol. The highest BCUT2D eigenvalue weighted by Crippen LogP contribution is 2.54. The minimum atomic E-state index is -0.785. The standard InChI is InChI=1S/C114H123BN4/c1-106(2,3)76-52-72(53-77(62-76)107(4,5)6)70-44-48-87(74-56-80(110(13,14)15)64-81(57-74)111(16,17)18)99(60-70)118-101-68-85(116-95-40-32-28-36-89(95)90-37-29-33-41-96(90)116)46-50-93(101)115-94-51-47-86(117-97-42-34-30-38-91(97)92-39-31-35-43-98(92)117)69-102(94)119(104-67-84(114(25,26)27)66-103(118)105(104)115)100-61-71(73-54-78(108(7,8)9)63-79(55-73)109(10,11)12)45-49-88(100)75-58-82(112(19,20)21)65-83(59-75)113(22,23)24/h28-69H,1-27H3/i28D,29D,30D,31D,32D,33D,34D,35D,36D,37D,38D,39D,40D,41D,42D,43D. The minimum Gasteiger partial charge on any atom is -0.311 e. The Labute approximate surface area is 734 Å². The Morgan fingerprint density at radius 3 is 0.723 bits per heavy atom. The Bertz CT molecular complexity index is 6910. The summed E-state index contributed by atoms with van der Waals surface area (Å²) in [5.74, 6) is 0. The molecule has 0 unspecified atom stereocenters. The summed E-state index contributed by atoms with van der Waals surface area (Å²) in [4.78, 5) is 4.78. The third kappa shape index (κ3) is 14.4. The highest BCUT2D eigenvalue weighted by molar-refractivity contribution is 7.00. The van der Waals surface area contributed by atoms with Gasteiger partial charge in [-0.15, -0.1) is 0 Å². The van der Waals surface area contributed by atoms with Crippen molar-refractivity contribution in [1.29, 1.82) is 0 Å². The monoisotopic (exact) mass is 1580 g/mol. The summed E-state index contributed by atoms with van der Waals surface area (Å²) in [6, 6.07) is 50.2. The van der Waals surface area contributed by atoms with Crippen LogP contribution in [-0.2, 0) is 48.7 Å². The van der Waals surface area contributed by atoms with E-state index in [0.717, 1.165) is 134 Å². The van der Waals surface area contributed by atoms with Crippen molar-refractivity contribution in [3.63, 3.8) is 0 Å². The molecule has 2 aliphatic heterocycles. The lowest BCUT2D eigenvalue weighted by molar-refractivity contribution is 0.568. The lowest BCUT2D eigenvalue weighted by Crippen LogP contribution is -2.61. The van der Waals surface area contributed by atoms with E-state index in [9.17, 15) is 21.9 Å². The molecule has 0 saturated heterocycles. The van der Waals surface area contributed by atoms with Gasteiger partial charge < -0.3 is 18.9 Å². The van der Waals surface area contributed by atoms with Gasteiger partial charge >= 0.3 is 0 Å². The van der Waals surface area contributed by atoms with Crippen LogP contribution >= 0.6 is 0 Å². The van der Waals surface area contributed by atoms with Crippen LogP contribution in [0, 0.1) is 0 Å². The van der Waals surface area contributed by atoms with Gasteiger partial charge in [-0.25, -0.2) is 0 Å². The molecule has 15 aromatic rings. The molecule has 2 aromatic heterocycles. The first-order chi connectivity index (χ1) is 62.3. The van der Waals surface area contributed by atoms with Gasteiger partial charge in [0.05, 0.1) is 55.4 Å². The highest BCUT2D eigenvalue weighted by Gasteiger charge is 2.46. The van der Waals surface area contributed by atoms with Gasteiger partial charge in [-0.1, -0.05) is 369 Å². The lowest BCUT2D eigenvalue weighted by atomic mass is 9.33. The quantitative estimate of drug-likeness (QED) is 0.141. The lowest BCUT2D eigenvalue weighted by Gasteiger charge is -2.46. The Kier molecular flexibility index (Phi) is 14.8. The molecule has 0 saturated carbocycles. The molecule has 602 valence electrons. The molecule has 119 heavy (non-hydrogen) atoms. The Morgan fingerprint density at radius 1 is 0.218 bits per heavy atom. The number of hydrogen-bond acceptors (Lipinski definition) is 2. The summed E-state index contributed by atoms with van der Waals surface area (Å²) >= 11 is 0. The zero-order chi connectivity index (χ0) is 98.8. The molecule has 4 nitrogen and oxygen atoms in total. The molecule has 0 N–H and O–H groups in total. The number of anilines is 6. The van der Waals surface area contributed by atoms with Gasteiger partial charge in [-0.2, -0.15) is 0 Å². The largest absolute Gasteiger partial charge is 0.311 e. The summed E-state index contributed by atoms with van der Waals surface area (Å²) in [6.07, 6.45) is 0. The van der Waals surface area contributed by atoms with Crippen molar-refractivity contribution < 1.29 is 21.9 Å². The molecule has 17 rings (SSSR count). The number of benzene rings is 13. The Balaban J connectivity index is 1.13. The van der Waals surface area contributed by atoms with E-state index in [1.807, 2.05) is 24.3 Å². The van der Waals surface area contributed by atoms with E-state index < -0.39 is 109 Å². The number of rotatable bonds is 8. The van der Waals surface area contributed by atoms with Crippen molar-refractivity contribution in [1.82, 2.24) is 9.13 Å². The third-order valence-electron chi connectivity index (χ3n) is 24.9. The van der Waals surface area contributed by atoms with Crippen molar-refractivity contribution in [3.05, 3.63) is 304 Å². The number of fused-ring (bicyclic) bond motifs is 10. The molecule has 0 fully saturated rings. The average Bonchev–Trinajstić information content (AvgIpc) is 1.65. The van der Waals surface area contributed by atoms with Crippen LogP contribution in [0.1, 0.15) is 259 Å². The Morgan fingerprint density at radius 2 is 0.462 bits per heavy atom. The van der Waals surface area contributed by atoms with E-state index in [0.29, 0.717) is 22.7 Å². The SMILES string of the molecule is [2H]c1c([2H])c([2H])c2c(c1[2H])c1c([2H])c([2H])c([2H])c([2H])c1n2-c1ccc2c(c1)N(c1cc(-c3cc(C(C)(C)C)cc(C(C)(C)C)c3)ccc1-c1cc(C(C)(C)C)cc(C(C)(C)C)c1)c1cc(C(C)(C)C)cc3c1B2c1ccc(-n2c4c([2H])c([2H])c([2H])c([2H])c4c4c([2H])c([2H])c([2H])c([2H])c42)cc1N3c1cc(-c2cc(C(C)(C)C)cc(C(C)(C)C)c2)ccc1-c1cc(C(C)(C)C)cc(C(C)(C)C)c1. The van der Waals surface area contributed by atoms with Crippen molar-refractivity contribution in [2.45, 2.75) is 236 Å². The van der Waals surface area contributed by atoms with Gasteiger partial charge in [0.2, 0.25) is 0 Å². The maximum atomic E-state index is 10.1. The van der Waals surface area contributed by atoms with Gasteiger partial charge in [0.15, 0.2) is 0 Å². The Hall–Kier alpha value is -10.9. The zero-order valence-electron chi connectivity index (χ0n) is 90.9. The number of hydrogen-bond donors (Lipinski definition) is 0. The minimum absolute atomic E-state index is 0.0424. The van der Waals surface area contributed by atoms with E-state index in [1.165, 1.54) is 0 Å². The van der Waals surface area contributed by atoms with Crippen LogP contribution in [0.5, 0.6) is 0 Å². The summed E-state index contributed by atoms with van der Waals surface area (Å²) in [6.45, 7) is 59.8. The first kappa shape index (κ1) is 63.2. The van der Waals surface area contributed by atoms with E-state index in [2.05, 4.69) is 330 Å². The molecule has 4 heterocycles. The fourth-order valence-electron chi connectivity index (χ4n) is 17.5. The molecule has 0 aliphatic carbocycles. The predicted molar refractivity (Wildman–Crippen MR) is 519 cm³/mol. The van der Waals surface area contributed by atoms with Gasteiger partial charge in [-0.3, -0.25) is 0 Å². The number of para-hydroxylation sites is 4. The summed E-state index contributed by atoms with van der Waals surface area (Å²) < 4.78 is 157. The van der Waals surface area contributed by atoms with Crippen molar-refractivity contribution in [2.24, 2.45) is 0 Å². The number of nitrogens with zero attached hydrogens (tertiary/aromatic N) is 4. The second-order valence-corrected chi connectivity index (χ2v) is 43.0. The van der Waals surface area contributed by atoms with E-state index in [4.69, 9.17) is 0 Å². The van der Waals surface area contributed by atoms with Crippen LogP contribution in [0.2, 0.25) is 0 Å². The van der Waals surface area contributed by atoms with Crippen LogP contribution in [-0.4, -0.2) is 15.8 Å².